The highest BCUT2D eigenvalue weighted by Gasteiger charge is 2.07. The van der Waals surface area contributed by atoms with Gasteiger partial charge in [-0.3, -0.25) is 0 Å². The second-order valence-electron chi connectivity index (χ2n) is 1.65. The number of ether oxygens (including phenoxy) is 1. The first-order valence-electron chi connectivity index (χ1n) is 3.04. The molecule has 0 saturated heterocycles. The van der Waals surface area contributed by atoms with E-state index in [4.69, 9.17) is 18.4 Å². The highest BCUT2D eigenvalue weighted by atomic mass is 32.2. The van der Waals surface area contributed by atoms with Gasteiger partial charge >= 0.3 is 5.97 Å². The van der Waals surface area contributed by atoms with Crippen LogP contribution in [0, 0.1) is 0 Å². The van der Waals surface area contributed by atoms with Gasteiger partial charge in [0.15, 0.2) is 0 Å². The van der Waals surface area contributed by atoms with Gasteiger partial charge in [0, 0.05) is 0 Å². The largest absolute Gasteiger partial charge is 0.750 e. The average molecular weight is 215 g/mol. The summed E-state index contributed by atoms with van der Waals surface area (Å²) in [5.41, 5.74) is 0. The van der Waals surface area contributed by atoms with Crippen LogP contribution in [-0.2, 0) is 20.9 Å². The van der Waals surface area contributed by atoms with Gasteiger partial charge in [-0.05, 0) is 13.8 Å². The monoisotopic (exact) mass is 215 g/mol. The Labute approximate surface area is 80.0 Å². The van der Waals surface area contributed by atoms with Crippen LogP contribution >= 0.6 is 0 Å². The van der Waals surface area contributed by atoms with Crippen LogP contribution in [0.4, 0.5) is 0 Å². The van der Waals surface area contributed by atoms with Crippen molar-refractivity contribution in [2.45, 2.75) is 27.4 Å². The molecular weight excluding hydrogens is 200 g/mol. The Balaban J connectivity index is -0.000000173. The van der Waals surface area contributed by atoms with Gasteiger partial charge in [-0.25, -0.2) is 9.00 Å². The lowest BCUT2D eigenvalue weighted by atomic mass is 10.4. The van der Waals surface area contributed by atoms with Crippen LogP contribution in [0.5, 0.6) is 0 Å². The van der Waals surface area contributed by atoms with Crippen molar-refractivity contribution >= 4 is 17.3 Å². The third-order valence-corrected chi connectivity index (χ3v) is 0.628. The molecule has 0 aliphatic rings. The normalized spacial score (nSPS) is 12.7. The van der Waals surface area contributed by atoms with E-state index >= 15 is 0 Å². The molecule has 0 rings (SSSR count). The molecule has 13 heavy (non-hydrogen) atoms. The van der Waals surface area contributed by atoms with Crippen LogP contribution < -0.4 is 0 Å². The molecule has 0 spiro atoms. The van der Waals surface area contributed by atoms with Crippen LogP contribution in [0.3, 0.4) is 0 Å². The molecular formula is C6H15O6S-. The molecule has 0 aliphatic heterocycles. The highest BCUT2D eigenvalue weighted by Crippen LogP contribution is 1.84. The molecule has 0 amide bonds. The molecule has 2 unspecified atom stereocenters. The third kappa shape index (κ3) is 24.6. The van der Waals surface area contributed by atoms with Gasteiger partial charge in [0.05, 0.1) is 18.0 Å². The maximum atomic E-state index is 10.3. The molecule has 0 heterocycles. The lowest BCUT2D eigenvalue weighted by molar-refractivity contribution is -0.151. The molecule has 0 aromatic rings. The fraction of sp³-hybridized carbons (Fsp3) is 0.833. The minimum Gasteiger partial charge on any atom is -0.750 e. The van der Waals surface area contributed by atoms with Crippen LogP contribution in [0.2, 0.25) is 0 Å². The summed E-state index contributed by atoms with van der Waals surface area (Å²) in [6, 6.07) is 0. The van der Waals surface area contributed by atoms with Gasteiger partial charge in [-0.1, -0.05) is 7.43 Å². The van der Waals surface area contributed by atoms with Crippen molar-refractivity contribution in [3.05, 3.63) is 0 Å². The summed E-state index contributed by atoms with van der Waals surface area (Å²) in [4.78, 5) is 10.3. The van der Waals surface area contributed by atoms with Gasteiger partial charge < -0.3 is 18.9 Å². The van der Waals surface area contributed by atoms with Gasteiger partial charge in [-0.2, -0.15) is 0 Å². The van der Waals surface area contributed by atoms with Crippen LogP contribution in [0.15, 0.2) is 0 Å². The Morgan fingerprint density at radius 2 is 2.00 bits per heavy atom. The van der Waals surface area contributed by atoms with E-state index in [1.54, 1.807) is 6.92 Å². The van der Waals surface area contributed by atoms with Crippen molar-refractivity contribution in [1.82, 2.24) is 0 Å². The Morgan fingerprint density at radius 3 is 2.08 bits per heavy atom. The summed E-state index contributed by atoms with van der Waals surface area (Å²) in [7, 11) is 0. The van der Waals surface area contributed by atoms with Gasteiger partial charge in [0.1, 0.15) is 6.10 Å². The van der Waals surface area contributed by atoms with Crippen molar-refractivity contribution in [3.63, 3.8) is 0 Å². The van der Waals surface area contributed by atoms with Crippen molar-refractivity contribution in [1.29, 1.82) is 0 Å². The molecule has 0 saturated carbocycles. The number of aliphatic hydroxyl groups is 1. The van der Waals surface area contributed by atoms with Crippen molar-refractivity contribution in [2.24, 2.45) is 0 Å². The number of hydrogen-bond acceptors (Lipinski definition) is 5. The molecule has 0 aromatic carbocycles. The summed E-state index contributed by atoms with van der Waals surface area (Å²) in [5, 5.41) is 8.48. The Kier molecular flexibility index (Phi) is 16.2. The Bertz CT molecular complexity index is 142. The lowest BCUT2D eigenvalue weighted by Gasteiger charge is -2.01. The Hall–Kier alpha value is -0.500. The molecule has 6 nitrogen and oxygen atoms in total. The Morgan fingerprint density at radius 1 is 1.69 bits per heavy atom. The average Bonchev–Trinajstić information content (AvgIpc) is 1.86. The van der Waals surface area contributed by atoms with Gasteiger partial charge in [0.2, 0.25) is 0 Å². The van der Waals surface area contributed by atoms with E-state index in [2.05, 4.69) is 4.74 Å². The number of rotatable bonds is 2. The molecule has 7 heteroatoms. The molecule has 0 aliphatic carbocycles. The zero-order valence-electron chi connectivity index (χ0n) is 6.72. The first kappa shape index (κ1) is 18.3. The molecule has 0 aromatic heterocycles. The zero-order chi connectivity index (χ0) is 10.1. The lowest BCUT2D eigenvalue weighted by Crippen LogP contribution is -2.18. The molecule has 0 radical (unpaired) electrons. The summed E-state index contributed by atoms with van der Waals surface area (Å²) in [5.74, 6) is -0.562. The van der Waals surface area contributed by atoms with Crippen LogP contribution in [0.1, 0.15) is 21.3 Å². The van der Waals surface area contributed by atoms with Gasteiger partial charge in [0.25, 0.3) is 0 Å². The van der Waals surface area contributed by atoms with Crippen LogP contribution in [0.25, 0.3) is 0 Å². The summed E-state index contributed by atoms with van der Waals surface area (Å²) in [6.07, 6.45) is -0.991. The maximum Gasteiger partial charge on any atom is 0.334 e. The smallest absolute Gasteiger partial charge is 0.334 e. The van der Waals surface area contributed by atoms with Crippen molar-refractivity contribution < 1.29 is 28.0 Å². The van der Waals surface area contributed by atoms with Gasteiger partial charge in [-0.15, -0.1) is 0 Å². The molecule has 82 valence electrons. The maximum absolute atomic E-state index is 10.3. The third-order valence-electron chi connectivity index (χ3n) is 0.628. The number of hydrogen-bond donors (Lipinski definition) is 2. The second kappa shape index (κ2) is 11.5. The second-order valence-corrected chi connectivity index (χ2v) is 2.08. The minimum absolute atomic E-state index is 0. The summed E-state index contributed by atoms with van der Waals surface area (Å²) in [6.45, 7) is 3.39. The predicted molar refractivity (Wildman–Crippen MR) is 46.6 cm³/mol. The van der Waals surface area contributed by atoms with E-state index in [-0.39, 0.29) is 7.43 Å². The number of carbonyl (C=O) groups is 1. The van der Waals surface area contributed by atoms with Crippen molar-refractivity contribution in [3.8, 4) is 0 Å². The van der Waals surface area contributed by atoms with E-state index in [0.29, 0.717) is 6.61 Å². The molecule has 2 atom stereocenters. The minimum atomic E-state index is -2.86. The van der Waals surface area contributed by atoms with E-state index in [1.807, 2.05) is 0 Å². The first-order chi connectivity index (χ1) is 5.41. The highest BCUT2D eigenvalue weighted by molar-refractivity contribution is 7.73. The summed E-state index contributed by atoms with van der Waals surface area (Å²) >= 11 is -2.86. The SMILES string of the molecule is C.CCOC(=O)C(C)O.O=S([O-])O. The first-order valence-corrected chi connectivity index (χ1v) is 4.08. The molecule has 0 bridgehead atoms. The van der Waals surface area contributed by atoms with E-state index in [0.717, 1.165) is 0 Å². The number of esters is 1. The van der Waals surface area contributed by atoms with E-state index < -0.39 is 23.4 Å². The molecule has 0 fully saturated rings. The summed E-state index contributed by atoms with van der Waals surface area (Å²) < 4.78 is 28.5. The molecule has 2 N–H and O–H groups in total. The fourth-order valence-electron chi connectivity index (χ4n) is 0.263. The van der Waals surface area contributed by atoms with E-state index in [9.17, 15) is 4.79 Å². The van der Waals surface area contributed by atoms with Crippen LogP contribution in [-0.4, -0.2) is 37.1 Å². The van der Waals surface area contributed by atoms with E-state index in [1.165, 1.54) is 6.92 Å². The zero-order valence-corrected chi connectivity index (χ0v) is 7.54. The quantitative estimate of drug-likeness (QED) is 0.492. The number of carbonyl (C=O) groups excluding carboxylic acids is 1. The fourth-order valence-corrected chi connectivity index (χ4v) is 0.263. The predicted octanol–water partition coefficient (Wildman–Crippen LogP) is -0.0951. The van der Waals surface area contributed by atoms with Crippen molar-refractivity contribution in [2.75, 3.05) is 6.61 Å². The number of aliphatic hydroxyl groups excluding tert-OH is 1. The topological polar surface area (TPSA) is 107 Å². The standard InChI is InChI=1S/C5H10O3.CH4.H2O3S/c1-3-8-5(7)4(2)6;;1-4(2)3/h4,6H,3H2,1-2H3;1H4;(H2,1,2,3)/p-1.